The molecule has 3 rings (SSSR count). The third kappa shape index (κ3) is 5.02. The Kier molecular flexibility index (Phi) is 6.65. The normalized spacial score (nSPS) is 11.9. The average molecular weight is 396 g/mol. The summed E-state index contributed by atoms with van der Waals surface area (Å²) in [4.78, 5) is 18.9. The predicted molar refractivity (Wildman–Crippen MR) is 109 cm³/mol. The number of carbonyl (C=O) groups excluding carboxylic acids is 1. The van der Waals surface area contributed by atoms with Crippen molar-refractivity contribution in [3.63, 3.8) is 0 Å². The van der Waals surface area contributed by atoms with Gasteiger partial charge >= 0.3 is 0 Å². The number of carbonyl (C=O) groups is 1. The van der Waals surface area contributed by atoms with Crippen LogP contribution in [0.3, 0.4) is 0 Å². The van der Waals surface area contributed by atoms with Crippen LogP contribution in [0, 0.1) is 5.82 Å². The molecular weight excluding hydrogens is 371 g/mol. The molecule has 0 bridgehead atoms. The molecule has 2 aromatic carbocycles. The van der Waals surface area contributed by atoms with Gasteiger partial charge in [-0.15, -0.1) is 0 Å². The first kappa shape index (κ1) is 20.6. The van der Waals surface area contributed by atoms with Crippen LogP contribution in [0.5, 0.6) is 5.75 Å². The molecule has 29 heavy (non-hydrogen) atoms. The minimum atomic E-state index is -0.302. The quantitative estimate of drug-likeness (QED) is 0.536. The van der Waals surface area contributed by atoms with Crippen molar-refractivity contribution in [1.82, 2.24) is 9.88 Å². The van der Waals surface area contributed by atoms with Crippen LogP contribution in [-0.4, -0.2) is 29.4 Å². The minimum Gasteiger partial charge on any atom is -0.497 e. The lowest BCUT2D eigenvalue weighted by Crippen LogP contribution is -2.33. The number of aryl methyl sites for hydroxylation is 1. The highest BCUT2D eigenvalue weighted by molar-refractivity contribution is 5.76. The van der Waals surface area contributed by atoms with E-state index in [1.807, 2.05) is 43.0 Å². The van der Waals surface area contributed by atoms with Gasteiger partial charge in [0.2, 0.25) is 5.91 Å². The van der Waals surface area contributed by atoms with Crippen molar-refractivity contribution in [2.75, 3.05) is 13.7 Å². The van der Waals surface area contributed by atoms with E-state index in [0.29, 0.717) is 31.0 Å². The molecule has 0 aliphatic heterocycles. The number of benzene rings is 2. The van der Waals surface area contributed by atoms with Gasteiger partial charge in [0.1, 0.15) is 11.6 Å². The van der Waals surface area contributed by atoms with E-state index in [9.17, 15) is 9.18 Å². The zero-order valence-corrected chi connectivity index (χ0v) is 16.9. The largest absolute Gasteiger partial charge is 0.497 e. The average Bonchev–Trinajstić information content (AvgIpc) is 3.22. The number of halogens is 1. The van der Waals surface area contributed by atoms with E-state index in [4.69, 9.17) is 9.15 Å². The standard InChI is InChI=1S/C23H25FN2O3/c1-4-26(16(2)18-6-5-7-20(14-18)28-3)23(27)13-12-22-25-15-21(29-22)17-8-10-19(24)11-9-17/h5-11,14-16H,4,12-13H2,1-3H3. The number of hydrogen-bond donors (Lipinski definition) is 0. The minimum absolute atomic E-state index is 0.0318. The van der Waals surface area contributed by atoms with E-state index in [1.54, 1.807) is 25.4 Å². The van der Waals surface area contributed by atoms with Crippen LogP contribution < -0.4 is 4.74 Å². The highest BCUT2D eigenvalue weighted by Crippen LogP contribution is 2.25. The van der Waals surface area contributed by atoms with Gasteiger partial charge in [0.05, 0.1) is 19.3 Å². The summed E-state index contributed by atoms with van der Waals surface area (Å²) in [6.45, 7) is 4.57. The third-order valence-corrected chi connectivity index (χ3v) is 4.94. The fourth-order valence-corrected chi connectivity index (χ4v) is 3.28. The number of ether oxygens (including phenoxy) is 1. The van der Waals surface area contributed by atoms with Crippen molar-refractivity contribution in [2.24, 2.45) is 0 Å². The molecule has 0 saturated heterocycles. The van der Waals surface area contributed by atoms with Crippen LogP contribution in [-0.2, 0) is 11.2 Å². The lowest BCUT2D eigenvalue weighted by atomic mass is 10.1. The maximum atomic E-state index is 13.1. The van der Waals surface area contributed by atoms with Gasteiger partial charge in [-0.25, -0.2) is 9.37 Å². The van der Waals surface area contributed by atoms with Crippen LogP contribution >= 0.6 is 0 Å². The Morgan fingerprint density at radius 2 is 2.00 bits per heavy atom. The number of oxazole rings is 1. The molecule has 1 heterocycles. The van der Waals surface area contributed by atoms with Gasteiger partial charge in [-0.1, -0.05) is 12.1 Å². The van der Waals surface area contributed by atoms with Gasteiger partial charge in [-0.05, 0) is 55.8 Å². The summed E-state index contributed by atoms with van der Waals surface area (Å²) in [5, 5.41) is 0. The van der Waals surface area contributed by atoms with E-state index < -0.39 is 0 Å². The number of aromatic nitrogens is 1. The lowest BCUT2D eigenvalue weighted by Gasteiger charge is -2.28. The summed E-state index contributed by atoms with van der Waals surface area (Å²) >= 11 is 0. The summed E-state index contributed by atoms with van der Waals surface area (Å²) in [6.07, 6.45) is 2.30. The van der Waals surface area contributed by atoms with Gasteiger partial charge in [0.25, 0.3) is 0 Å². The summed E-state index contributed by atoms with van der Waals surface area (Å²) in [5.74, 6) is 1.55. The molecule has 1 atom stereocenters. The van der Waals surface area contributed by atoms with Crippen LogP contribution in [0.2, 0.25) is 0 Å². The Morgan fingerprint density at radius 3 is 2.69 bits per heavy atom. The molecule has 6 heteroatoms. The van der Waals surface area contributed by atoms with Gasteiger partial charge < -0.3 is 14.1 Å². The first-order chi connectivity index (χ1) is 14.0. The molecule has 0 aliphatic rings. The SMILES string of the molecule is CCN(C(=O)CCc1ncc(-c2ccc(F)cc2)o1)C(C)c1cccc(OC)c1. The van der Waals surface area contributed by atoms with Crippen molar-refractivity contribution < 1.29 is 18.3 Å². The Balaban J connectivity index is 1.63. The van der Waals surface area contributed by atoms with Gasteiger partial charge in [-0.2, -0.15) is 0 Å². The molecule has 0 saturated carbocycles. The molecule has 0 N–H and O–H groups in total. The van der Waals surface area contributed by atoms with Crippen LogP contribution in [0.4, 0.5) is 4.39 Å². The predicted octanol–water partition coefficient (Wildman–Crippen LogP) is 5.03. The maximum absolute atomic E-state index is 13.1. The molecule has 0 spiro atoms. The first-order valence-corrected chi connectivity index (χ1v) is 9.66. The van der Waals surface area contributed by atoms with Crippen LogP contribution in [0.1, 0.15) is 37.8 Å². The van der Waals surface area contributed by atoms with E-state index in [-0.39, 0.29) is 17.8 Å². The summed E-state index contributed by atoms with van der Waals surface area (Å²) in [5.41, 5.74) is 1.77. The molecule has 0 radical (unpaired) electrons. The molecule has 0 aliphatic carbocycles. The van der Waals surface area contributed by atoms with Crippen molar-refractivity contribution in [2.45, 2.75) is 32.7 Å². The van der Waals surface area contributed by atoms with Crippen molar-refractivity contribution >= 4 is 5.91 Å². The maximum Gasteiger partial charge on any atom is 0.223 e. The highest BCUT2D eigenvalue weighted by Gasteiger charge is 2.21. The van der Waals surface area contributed by atoms with E-state index in [1.165, 1.54) is 12.1 Å². The first-order valence-electron chi connectivity index (χ1n) is 9.66. The molecule has 3 aromatic rings. The Hall–Kier alpha value is -3.15. The number of hydrogen-bond acceptors (Lipinski definition) is 4. The Morgan fingerprint density at radius 1 is 1.24 bits per heavy atom. The van der Waals surface area contributed by atoms with Crippen molar-refractivity contribution in [3.8, 4) is 17.1 Å². The molecular formula is C23H25FN2O3. The summed E-state index contributed by atoms with van der Waals surface area (Å²) < 4.78 is 24.1. The number of rotatable bonds is 8. The summed E-state index contributed by atoms with van der Waals surface area (Å²) in [7, 11) is 1.63. The molecule has 152 valence electrons. The lowest BCUT2D eigenvalue weighted by molar-refractivity contribution is -0.133. The smallest absolute Gasteiger partial charge is 0.223 e. The van der Waals surface area contributed by atoms with Crippen LogP contribution in [0.15, 0.2) is 59.1 Å². The third-order valence-electron chi connectivity index (χ3n) is 4.94. The second-order valence-electron chi connectivity index (χ2n) is 6.76. The fourth-order valence-electron chi connectivity index (χ4n) is 3.28. The van der Waals surface area contributed by atoms with E-state index in [0.717, 1.165) is 16.9 Å². The molecule has 0 fully saturated rings. The molecule has 1 unspecified atom stereocenters. The second kappa shape index (κ2) is 9.37. The number of methoxy groups -OCH3 is 1. The fraction of sp³-hybridized carbons (Fsp3) is 0.304. The Bertz CT molecular complexity index is 953. The highest BCUT2D eigenvalue weighted by atomic mass is 19.1. The van der Waals surface area contributed by atoms with Crippen molar-refractivity contribution in [1.29, 1.82) is 0 Å². The van der Waals surface area contributed by atoms with E-state index in [2.05, 4.69) is 4.98 Å². The topological polar surface area (TPSA) is 55.6 Å². The summed E-state index contributed by atoms with van der Waals surface area (Å²) in [6, 6.07) is 13.7. The second-order valence-corrected chi connectivity index (χ2v) is 6.76. The van der Waals surface area contributed by atoms with Crippen LogP contribution in [0.25, 0.3) is 11.3 Å². The van der Waals surface area contributed by atoms with E-state index >= 15 is 0 Å². The zero-order valence-electron chi connectivity index (χ0n) is 16.9. The van der Waals surface area contributed by atoms with Gasteiger partial charge in [0.15, 0.2) is 11.7 Å². The molecule has 5 nitrogen and oxygen atoms in total. The van der Waals surface area contributed by atoms with Gasteiger partial charge in [0, 0.05) is 24.9 Å². The monoisotopic (exact) mass is 396 g/mol. The van der Waals surface area contributed by atoms with Gasteiger partial charge in [-0.3, -0.25) is 4.79 Å². The number of nitrogens with zero attached hydrogens (tertiary/aromatic N) is 2. The Labute approximate surface area is 170 Å². The number of amides is 1. The molecule has 1 aromatic heterocycles. The zero-order chi connectivity index (χ0) is 20.8. The van der Waals surface area contributed by atoms with Crippen molar-refractivity contribution in [3.05, 3.63) is 72.0 Å². The molecule has 1 amide bonds.